The molecular weight excluding hydrogens is 100 g/mol. The number of allylic oxidation sites excluding steroid dienone is 1. The molecular formula is C7H10O. The third-order valence-corrected chi connectivity index (χ3v) is 0.515. The quantitative estimate of drug-likeness (QED) is 0.387. The first-order valence-electron chi connectivity index (χ1n) is 2.54. The summed E-state index contributed by atoms with van der Waals surface area (Å²) in [5.74, 6) is 2.32. The van der Waals surface area contributed by atoms with Gasteiger partial charge in [0, 0.05) is 6.08 Å². The van der Waals surface area contributed by atoms with Crippen LogP contribution in [0.5, 0.6) is 0 Å². The summed E-state index contributed by atoms with van der Waals surface area (Å²) in [4.78, 5) is 0. The molecule has 0 aromatic heterocycles. The van der Waals surface area contributed by atoms with Gasteiger partial charge in [-0.1, -0.05) is 5.92 Å². The Morgan fingerprint density at radius 3 is 2.62 bits per heavy atom. The molecule has 1 nitrogen and oxygen atoms in total. The molecule has 0 N–H and O–H groups in total. The molecule has 0 spiro atoms. The van der Waals surface area contributed by atoms with Crippen molar-refractivity contribution in [3.8, 4) is 12.3 Å². The van der Waals surface area contributed by atoms with Crippen LogP contribution >= 0.6 is 0 Å². The Morgan fingerprint density at radius 1 is 1.62 bits per heavy atom. The molecule has 0 saturated carbocycles. The second-order valence-corrected chi connectivity index (χ2v) is 1.65. The van der Waals surface area contributed by atoms with E-state index in [1.165, 1.54) is 12.3 Å². The Bertz CT molecular complexity index is 106. The topological polar surface area (TPSA) is 9.23 Å². The van der Waals surface area contributed by atoms with Crippen molar-refractivity contribution in [1.82, 2.24) is 0 Å². The lowest BCUT2D eigenvalue weighted by Crippen LogP contribution is -1.93. The molecule has 44 valence electrons. The van der Waals surface area contributed by atoms with Gasteiger partial charge in [0.15, 0.2) is 0 Å². The van der Waals surface area contributed by atoms with Crippen molar-refractivity contribution in [1.29, 1.82) is 0 Å². The Kier molecular flexibility index (Phi) is 3.78. The lowest BCUT2D eigenvalue weighted by Gasteiger charge is -2.00. The Balaban J connectivity index is 3.19. The molecule has 0 unspecified atom stereocenters. The summed E-state index contributed by atoms with van der Waals surface area (Å²) in [5.41, 5.74) is 0. The van der Waals surface area contributed by atoms with E-state index in [-0.39, 0.29) is 6.10 Å². The van der Waals surface area contributed by atoms with Crippen LogP contribution in [-0.4, -0.2) is 6.10 Å². The van der Waals surface area contributed by atoms with Gasteiger partial charge in [-0.3, -0.25) is 0 Å². The van der Waals surface area contributed by atoms with Crippen LogP contribution in [0, 0.1) is 12.3 Å². The van der Waals surface area contributed by atoms with Crippen LogP contribution in [0.1, 0.15) is 13.8 Å². The predicted octanol–water partition coefficient (Wildman–Crippen LogP) is 1.56. The van der Waals surface area contributed by atoms with Crippen LogP contribution < -0.4 is 0 Å². The Hall–Kier alpha value is -0.900. The molecule has 1 heteroatoms. The average molecular weight is 110 g/mol. The molecule has 0 aromatic rings. The molecule has 0 radical (unpaired) electrons. The second kappa shape index (κ2) is 4.26. The maximum atomic E-state index is 4.96. The average Bonchev–Trinajstić information content (AvgIpc) is 1.66. The Morgan fingerprint density at radius 2 is 2.25 bits per heavy atom. The number of rotatable bonds is 2. The highest BCUT2D eigenvalue weighted by atomic mass is 16.5. The van der Waals surface area contributed by atoms with Crippen LogP contribution in [0.15, 0.2) is 12.3 Å². The van der Waals surface area contributed by atoms with Crippen LogP contribution in [0.25, 0.3) is 0 Å². The number of ether oxygens (including phenoxy) is 1. The van der Waals surface area contributed by atoms with E-state index in [4.69, 9.17) is 11.2 Å². The van der Waals surface area contributed by atoms with Gasteiger partial charge in [0.2, 0.25) is 0 Å². The monoisotopic (exact) mass is 110 g/mol. The fraction of sp³-hybridized carbons (Fsp3) is 0.429. The van der Waals surface area contributed by atoms with Gasteiger partial charge in [-0.25, -0.2) is 0 Å². The zero-order chi connectivity index (χ0) is 6.41. The smallest absolute Gasteiger partial charge is 0.0922 e. The SMILES string of the molecule is C#C/C=C\OC(C)C. The molecule has 0 fully saturated rings. The molecule has 0 aliphatic heterocycles. The van der Waals surface area contributed by atoms with E-state index < -0.39 is 0 Å². The molecule has 0 aliphatic rings. The summed E-state index contributed by atoms with van der Waals surface area (Å²) in [7, 11) is 0. The zero-order valence-electron chi connectivity index (χ0n) is 5.22. The van der Waals surface area contributed by atoms with E-state index in [1.807, 2.05) is 13.8 Å². The van der Waals surface area contributed by atoms with Gasteiger partial charge in [0.1, 0.15) is 0 Å². The summed E-state index contributed by atoms with van der Waals surface area (Å²) >= 11 is 0. The van der Waals surface area contributed by atoms with E-state index >= 15 is 0 Å². The largest absolute Gasteiger partial charge is 0.498 e. The first-order valence-corrected chi connectivity index (χ1v) is 2.54. The Labute approximate surface area is 50.4 Å². The van der Waals surface area contributed by atoms with Gasteiger partial charge in [-0.2, -0.15) is 0 Å². The molecule has 8 heavy (non-hydrogen) atoms. The minimum atomic E-state index is 0.222. The van der Waals surface area contributed by atoms with Gasteiger partial charge >= 0.3 is 0 Å². The summed E-state index contributed by atoms with van der Waals surface area (Å²) in [6.07, 6.45) is 8.17. The number of terminal acetylenes is 1. The van der Waals surface area contributed by atoms with Crippen molar-refractivity contribution >= 4 is 0 Å². The molecule has 0 atom stereocenters. The lowest BCUT2D eigenvalue weighted by atomic mass is 10.5. The molecule has 0 heterocycles. The molecule has 0 rings (SSSR count). The summed E-state index contributed by atoms with van der Waals surface area (Å²) < 4.78 is 4.96. The van der Waals surface area contributed by atoms with Crippen molar-refractivity contribution in [3.05, 3.63) is 12.3 Å². The van der Waals surface area contributed by atoms with E-state index in [1.54, 1.807) is 0 Å². The maximum absolute atomic E-state index is 4.96. The van der Waals surface area contributed by atoms with Crippen LogP contribution in [0.4, 0.5) is 0 Å². The van der Waals surface area contributed by atoms with E-state index in [2.05, 4.69) is 5.92 Å². The highest BCUT2D eigenvalue weighted by molar-refractivity contribution is 5.06. The van der Waals surface area contributed by atoms with Gasteiger partial charge in [0.05, 0.1) is 12.4 Å². The fourth-order valence-corrected chi connectivity index (χ4v) is 0.236. The number of hydrogen-bond acceptors (Lipinski definition) is 1. The van der Waals surface area contributed by atoms with Crippen molar-refractivity contribution in [3.63, 3.8) is 0 Å². The van der Waals surface area contributed by atoms with Gasteiger partial charge < -0.3 is 4.74 Å². The van der Waals surface area contributed by atoms with Crippen molar-refractivity contribution in [2.45, 2.75) is 20.0 Å². The van der Waals surface area contributed by atoms with Crippen LogP contribution in [-0.2, 0) is 4.74 Å². The predicted molar refractivity (Wildman–Crippen MR) is 34.2 cm³/mol. The van der Waals surface area contributed by atoms with Crippen molar-refractivity contribution in [2.24, 2.45) is 0 Å². The number of hydrogen-bond donors (Lipinski definition) is 0. The zero-order valence-corrected chi connectivity index (χ0v) is 5.22. The van der Waals surface area contributed by atoms with Crippen molar-refractivity contribution < 1.29 is 4.74 Å². The maximum Gasteiger partial charge on any atom is 0.0922 e. The minimum absolute atomic E-state index is 0.222. The molecule has 0 aliphatic carbocycles. The van der Waals surface area contributed by atoms with E-state index in [0.29, 0.717) is 0 Å². The summed E-state index contributed by atoms with van der Waals surface area (Å²) in [5, 5.41) is 0. The summed E-state index contributed by atoms with van der Waals surface area (Å²) in [6.45, 7) is 3.89. The molecule has 0 aromatic carbocycles. The second-order valence-electron chi connectivity index (χ2n) is 1.65. The highest BCUT2D eigenvalue weighted by Gasteiger charge is 1.82. The minimum Gasteiger partial charge on any atom is -0.498 e. The van der Waals surface area contributed by atoms with Gasteiger partial charge in [-0.05, 0) is 13.8 Å². The third-order valence-electron chi connectivity index (χ3n) is 0.515. The van der Waals surface area contributed by atoms with Crippen molar-refractivity contribution in [2.75, 3.05) is 0 Å². The third kappa shape index (κ3) is 5.10. The molecule has 0 saturated heterocycles. The van der Waals surface area contributed by atoms with Crippen LogP contribution in [0.2, 0.25) is 0 Å². The highest BCUT2D eigenvalue weighted by Crippen LogP contribution is 1.86. The first-order chi connectivity index (χ1) is 3.77. The van der Waals surface area contributed by atoms with Gasteiger partial charge in [0.25, 0.3) is 0 Å². The lowest BCUT2D eigenvalue weighted by molar-refractivity contribution is 0.179. The fourth-order valence-electron chi connectivity index (χ4n) is 0.236. The first kappa shape index (κ1) is 7.10. The standard InChI is InChI=1S/C7H10O/c1-4-5-6-8-7(2)3/h1,5-7H,2-3H3/b6-5-. The van der Waals surface area contributed by atoms with E-state index in [9.17, 15) is 0 Å². The van der Waals surface area contributed by atoms with Crippen LogP contribution in [0.3, 0.4) is 0 Å². The van der Waals surface area contributed by atoms with E-state index in [0.717, 1.165) is 0 Å². The molecule has 0 amide bonds. The molecule has 0 bridgehead atoms. The normalized spacial score (nSPS) is 9.75. The summed E-state index contributed by atoms with van der Waals surface area (Å²) in [6, 6.07) is 0. The van der Waals surface area contributed by atoms with Gasteiger partial charge in [-0.15, -0.1) is 6.42 Å².